The second-order valence-corrected chi connectivity index (χ2v) is 5.41. The Kier molecular flexibility index (Phi) is 3.41. The average molecular weight is 286 g/mol. The Morgan fingerprint density at radius 3 is 2.86 bits per heavy atom. The lowest BCUT2D eigenvalue weighted by Gasteiger charge is -2.33. The highest BCUT2D eigenvalue weighted by molar-refractivity contribution is 5.80. The summed E-state index contributed by atoms with van der Waals surface area (Å²) in [4.78, 5) is 17.9. The van der Waals surface area contributed by atoms with Crippen molar-refractivity contribution in [1.29, 1.82) is 0 Å². The van der Waals surface area contributed by atoms with Crippen molar-refractivity contribution >= 4 is 11.7 Å². The molecule has 0 saturated heterocycles. The number of anilines is 1. The molecule has 110 valence electrons. The third kappa shape index (κ3) is 2.51. The zero-order valence-electron chi connectivity index (χ0n) is 12.2. The molecule has 1 aromatic heterocycles. The van der Waals surface area contributed by atoms with Gasteiger partial charge in [-0.15, -0.1) is 0 Å². The lowest BCUT2D eigenvalue weighted by atomic mass is 9.90. The summed E-state index contributed by atoms with van der Waals surface area (Å²) in [5, 5.41) is 9.35. The molecule has 0 bridgehead atoms. The van der Waals surface area contributed by atoms with Gasteiger partial charge in [-0.3, -0.25) is 4.79 Å². The number of aryl methyl sites for hydroxylation is 2. The Morgan fingerprint density at radius 2 is 2.19 bits per heavy atom. The first-order chi connectivity index (χ1) is 10.1. The maximum Gasteiger partial charge on any atom is 0.311 e. The van der Waals surface area contributed by atoms with E-state index in [4.69, 9.17) is 4.42 Å². The highest BCUT2D eigenvalue weighted by atomic mass is 16.4. The molecule has 0 spiro atoms. The van der Waals surface area contributed by atoms with Crippen molar-refractivity contribution < 1.29 is 14.3 Å². The molecule has 1 atom stereocenters. The van der Waals surface area contributed by atoms with Crippen molar-refractivity contribution in [1.82, 2.24) is 4.98 Å². The Labute approximate surface area is 123 Å². The molecule has 0 fully saturated rings. The van der Waals surface area contributed by atoms with E-state index in [1.54, 1.807) is 0 Å². The second kappa shape index (κ2) is 5.24. The molecule has 0 saturated carbocycles. The van der Waals surface area contributed by atoms with Gasteiger partial charge in [0.25, 0.3) is 0 Å². The van der Waals surface area contributed by atoms with Crippen LogP contribution >= 0.6 is 0 Å². The van der Waals surface area contributed by atoms with Crippen LogP contribution in [0, 0.1) is 13.8 Å². The van der Waals surface area contributed by atoms with E-state index in [9.17, 15) is 9.90 Å². The van der Waals surface area contributed by atoms with E-state index in [0.717, 1.165) is 22.7 Å². The summed E-state index contributed by atoms with van der Waals surface area (Å²) >= 11 is 0. The number of carbonyl (C=O) groups is 1. The van der Waals surface area contributed by atoms with Gasteiger partial charge < -0.3 is 14.4 Å². The summed E-state index contributed by atoms with van der Waals surface area (Å²) in [6.45, 7) is 5.08. The van der Waals surface area contributed by atoms with Crippen LogP contribution in [0.15, 0.2) is 28.7 Å². The van der Waals surface area contributed by atoms with E-state index in [1.807, 2.05) is 38.1 Å². The van der Waals surface area contributed by atoms with Gasteiger partial charge in [0.15, 0.2) is 0 Å². The third-order valence-electron chi connectivity index (χ3n) is 4.04. The molecule has 3 rings (SSSR count). The molecule has 1 aliphatic rings. The van der Waals surface area contributed by atoms with Gasteiger partial charge in [0.05, 0.1) is 18.2 Å². The van der Waals surface area contributed by atoms with Crippen LogP contribution in [0.1, 0.15) is 35.2 Å². The molecule has 0 radical (unpaired) electrons. The predicted molar refractivity (Wildman–Crippen MR) is 78.5 cm³/mol. The number of hydrogen-bond donors (Lipinski definition) is 1. The lowest BCUT2D eigenvalue weighted by Crippen LogP contribution is -2.33. The summed E-state index contributed by atoms with van der Waals surface area (Å²) in [6, 6.07) is 7.68. The van der Waals surface area contributed by atoms with Crippen molar-refractivity contribution in [2.24, 2.45) is 0 Å². The Morgan fingerprint density at radius 1 is 1.43 bits per heavy atom. The number of benzene rings is 1. The molecule has 5 nitrogen and oxygen atoms in total. The first-order valence-corrected chi connectivity index (χ1v) is 7.06. The number of para-hydroxylation sites is 1. The Bertz CT molecular complexity index is 658. The van der Waals surface area contributed by atoms with Crippen LogP contribution in [-0.2, 0) is 11.3 Å². The van der Waals surface area contributed by atoms with Crippen LogP contribution in [0.5, 0.6) is 0 Å². The molecule has 0 amide bonds. The number of oxazole rings is 1. The molecular formula is C16H18N2O3. The normalized spacial score (nSPS) is 17.6. The number of fused-ring (bicyclic) bond motifs is 1. The maximum absolute atomic E-state index is 11.4. The van der Waals surface area contributed by atoms with E-state index >= 15 is 0 Å². The highest BCUT2D eigenvalue weighted by Crippen LogP contribution is 2.36. The minimum atomic E-state index is -0.759. The third-order valence-corrected chi connectivity index (χ3v) is 4.04. The van der Waals surface area contributed by atoms with Gasteiger partial charge >= 0.3 is 5.97 Å². The van der Waals surface area contributed by atoms with Gasteiger partial charge in [0.1, 0.15) is 5.76 Å². The van der Waals surface area contributed by atoms with Crippen LogP contribution in [0.4, 0.5) is 5.69 Å². The fraction of sp³-hybridized carbons (Fsp3) is 0.375. The molecule has 5 heteroatoms. The van der Waals surface area contributed by atoms with Crippen LogP contribution in [0.3, 0.4) is 0 Å². The molecule has 2 aromatic rings. The van der Waals surface area contributed by atoms with Crippen molar-refractivity contribution in [3.8, 4) is 0 Å². The number of carboxylic acids is 1. The summed E-state index contributed by atoms with van der Waals surface area (Å²) in [5.41, 5.74) is 2.74. The predicted octanol–water partition coefficient (Wildman–Crippen LogP) is 2.87. The van der Waals surface area contributed by atoms with Crippen molar-refractivity contribution in [2.75, 3.05) is 11.4 Å². The summed E-state index contributed by atoms with van der Waals surface area (Å²) in [5.74, 6) is 0.322. The molecule has 1 aliphatic heterocycles. The van der Waals surface area contributed by atoms with Crippen molar-refractivity contribution in [2.45, 2.75) is 32.7 Å². The minimum absolute atomic E-state index is 0.425. The average Bonchev–Trinajstić information content (AvgIpc) is 2.77. The monoisotopic (exact) mass is 286 g/mol. The van der Waals surface area contributed by atoms with Crippen LogP contribution < -0.4 is 4.90 Å². The topological polar surface area (TPSA) is 66.6 Å². The number of rotatable bonds is 3. The maximum atomic E-state index is 11.4. The Balaban J connectivity index is 1.90. The zero-order valence-corrected chi connectivity index (χ0v) is 12.2. The highest BCUT2D eigenvalue weighted by Gasteiger charge is 2.30. The van der Waals surface area contributed by atoms with Crippen LogP contribution in [0.2, 0.25) is 0 Å². The van der Waals surface area contributed by atoms with E-state index in [-0.39, 0.29) is 0 Å². The first-order valence-electron chi connectivity index (χ1n) is 7.06. The second-order valence-electron chi connectivity index (χ2n) is 5.41. The Hall–Kier alpha value is -2.30. The number of carboxylic acid groups (broad SMARTS) is 1. The molecule has 21 heavy (non-hydrogen) atoms. The number of aliphatic carboxylic acids is 1. The zero-order chi connectivity index (χ0) is 15.0. The van der Waals surface area contributed by atoms with Crippen molar-refractivity contribution in [3.05, 3.63) is 47.2 Å². The molecule has 0 aliphatic carbocycles. The van der Waals surface area contributed by atoms with Gasteiger partial charge in [0, 0.05) is 12.2 Å². The minimum Gasteiger partial charge on any atom is -0.481 e. The standard InChI is InChI=1S/C16H18N2O3/c1-10-11(2)21-15(17-10)9-18-8-7-13(16(19)20)12-5-3-4-6-14(12)18/h3-6,13H,7-9H2,1-2H3,(H,19,20). The molecule has 1 unspecified atom stereocenters. The SMILES string of the molecule is Cc1nc(CN2CCC(C(=O)O)c3ccccc32)oc1C. The van der Waals surface area contributed by atoms with Gasteiger partial charge in [-0.25, -0.2) is 4.98 Å². The van der Waals surface area contributed by atoms with Gasteiger partial charge in [-0.05, 0) is 31.9 Å². The van der Waals surface area contributed by atoms with E-state index in [1.165, 1.54) is 0 Å². The van der Waals surface area contributed by atoms with Crippen molar-refractivity contribution in [3.63, 3.8) is 0 Å². The fourth-order valence-corrected chi connectivity index (χ4v) is 2.82. The van der Waals surface area contributed by atoms with Gasteiger partial charge in [-0.1, -0.05) is 18.2 Å². The van der Waals surface area contributed by atoms with Gasteiger partial charge in [0.2, 0.25) is 5.89 Å². The number of nitrogens with zero attached hydrogens (tertiary/aromatic N) is 2. The molecule has 1 N–H and O–H groups in total. The number of aromatic nitrogens is 1. The molecule has 1 aromatic carbocycles. The van der Waals surface area contributed by atoms with E-state index in [0.29, 0.717) is 25.4 Å². The quantitative estimate of drug-likeness (QED) is 0.939. The summed E-state index contributed by atoms with van der Waals surface area (Å²) < 4.78 is 5.64. The molecule has 2 heterocycles. The van der Waals surface area contributed by atoms with E-state index in [2.05, 4.69) is 9.88 Å². The van der Waals surface area contributed by atoms with Gasteiger partial charge in [-0.2, -0.15) is 0 Å². The molecular weight excluding hydrogens is 268 g/mol. The summed E-state index contributed by atoms with van der Waals surface area (Å²) in [7, 11) is 0. The number of hydrogen-bond acceptors (Lipinski definition) is 4. The first kappa shape index (κ1) is 13.7. The fourth-order valence-electron chi connectivity index (χ4n) is 2.82. The lowest BCUT2D eigenvalue weighted by molar-refractivity contribution is -0.139. The van der Waals surface area contributed by atoms with Crippen LogP contribution in [-0.4, -0.2) is 22.6 Å². The van der Waals surface area contributed by atoms with E-state index < -0.39 is 11.9 Å². The summed E-state index contributed by atoms with van der Waals surface area (Å²) in [6.07, 6.45) is 0.602. The van der Waals surface area contributed by atoms with Crippen LogP contribution in [0.25, 0.3) is 0 Å². The largest absolute Gasteiger partial charge is 0.481 e. The smallest absolute Gasteiger partial charge is 0.311 e.